The minimum Gasteiger partial charge on any atom is -0.325 e. The van der Waals surface area contributed by atoms with E-state index in [0.717, 1.165) is 42.7 Å². The number of urea groups is 1. The lowest BCUT2D eigenvalue weighted by Gasteiger charge is -2.16. The standard InChI is InChI=1S/C19H18N2O/c22-19(21-14-4-5-15-21)20-18-12-10-17(11-13-18)9-8-16-6-2-1-3-7-16/h1-3,6-7,10-13H,4-5,14-15H2,(H,20,22). The average Bonchev–Trinajstić information content (AvgIpc) is 3.10. The highest BCUT2D eigenvalue weighted by molar-refractivity contribution is 5.89. The Hall–Kier alpha value is -2.73. The number of nitrogens with zero attached hydrogens (tertiary/aromatic N) is 1. The van der Waals surface area contributed by atoms with Crippen molar-refractivity contribution in [1.82, 2.24) is 4.90 Å². The Bertz CT molecular complexity index is 690. The lowest BCUT2D eigenvalue weighted by molar-refractivity contribution is 0.222. The summed E-state index contributed by atoms with van der Waals surface area (Å²) < 4.78 is 0. The molecule has 22 heavy (non-hydrogen) atoms. The number of hydrogen-bond donors (Lipinski definition) is 1. The van der Waals surface area contributed by atoms with Crippen molar-refractivity contribution in [1.29, 1.82) is 0 Å². The highest BCUT2D eigenvalue weighted by Gasteiger charge is 2.17. The molecule has 2 amide bonds. The van der Waals surface area contributed by atoms with Crippen molar-refractivity contribution in [2.75, 3.05) is 18.4 Å². The first-order valence-electron chi connectivity index (χ1n) is 7.54. The molecule has 110 valence electrons. The second kappa shape index (κ2) is 6.82. The van der Waals surface area contributed by atoms with Crippen LogP contribution in [0, 0.1) is 11.8 Å². The van der Waals surface area contributed by atoms with E-state index in [-0.39, 0.29) is 6.03 Å². The Morgan fingerprint density at radius 3 is 2.09 bits per heavy atom. The van der Waals surface area contributed by atoms with Crippen molar-refractivity contribution in [2.24, 2.45) is 0 Å². The third-order valence-corrected chi connectivity index (χ3v) is 3.65. The number of amides is 2. The van der Waals surface area contributed by atoms with Crippen LogP contribution in [-0.4, -0.2) is 24.0 Å². The number of anilines is 1. The van der Waals surface area contributed by atoms with Gasteiger partial charge in [-0.2, -0.15) is 0 Å². The van der Waals surface area contributed by atoms with E-state index in [1.54, 1.807) is 0 Å². The van der Waals surface area contributed by atoms with Gasteiger partial charge in [0.1, 0.15) is 0 Å². The molecule has 0 unspecified atom stereocenters. The maximum atomic E-state index is 12.0. The summed E-state index contributed by atoms with van der Waals surface area (Å²) in [6.45, 7) is 1.71. The van der Waals surface area contributed by atoms with Crippen LogP contribution in [0.3, 0.4) is 0 Å². The number of benzene rings is 2. The Labute approximate surface area is 131 Å². The number of nitrogens with one attached hydrogen (secondary N) is 1. The van der Waals surface area contributed by atoms with Gasteiger partial charge < -0.3 is 10.2 Å². The van der Waals surface area contributed by atoms with Crippen molar-refractivity contribution in [2.45, 2.75) is 12.8 Å². The molecule has 2 aromatic rings. The van der Waals surface area contributed by atoms with Crippen LogP contribution in [0.4, 0.5) is 10.5 Å². The molecule has 1 aliphatic heterocycles. The van der Waals surface area contributed by atoms with E-state index in [9.17, 15) is 4.79 Å². The molecule has 1 saturated heterocycles. The summed E-state index contributed by atoms with van der Waals surface area (Å²) in [4.78, 5) is 13.8. The summed E-state index contributed by atoms with van der Waals surface area (Å²) >= 11 is 0. The van der Waals surface area contributed by atoms with Crippen LogP contribution in [0.2, 0.25) is 0 Å². The number of rotatable bonds is 1. The Balaban J connectivity index is 1.63. The van der Waals surface area contributed by atoms with Gasteiger partial charge in [-0.05, 0) is 49.2 Å². The van der Waals surface area contributed by atoms with Gasteiger partial charge in [0.05, 0.1) is 0 Å². The lowest BCUT2D eigenvalue weighted by atomic mass is 10.2. The zero-order chi connectivity index (χ0) is 15.2. The van der Waals surface area contributed by atoms with E-state index < -0.39 is 0 Å². The van der Waals surface area contributed by atoms with Crippen LogP contribution in [0.5, 0.6) is 0 Å². The zero-order valence-corrected chi connectivity index (χ0v) is 12.4. The van der Waals surface area contributed by atoms with E-state index in [0.29, 0.717) is 0 Å². The molecule has 0 bridgehead atoms. The monoisotopic (exact) mass is 290 g/mol. The van der Waals surface area contributed by atoms with Crippen molar-refractivity contribution in [3.63, 3.8) is 0 Å². The van der Waals surface area contributed by atoms with Gasteiger partial charge in [0, 0.05) is 29.9 Å². The molecule has 0 spiro atoms. The lowest BCUT2D eigenvalue weighted by Crippen LogP contribution is -2.32. The van der Waals surface area contributed by atoms with Crippen LogP contribution in [0.25, 0.3) is 0 Å². The number of hydrogen-bond acceptors (Lipinski definition) is 1. The molecule has 0 radical (unpaired) electrons. The van der Waals surface area contributed by atoms with E-state index >= 15 is 0 Å². The van der Waals surface area contributed by atoms with Gasteiger partial charge in [-0.1, -0.05) is 30.0 Å². The third-order valence-electron chi connectivity index (χ3n) is 3.65. The quantitative estimate of drug-likeness (QED) is 0.798. The van der Waals surface area contributed by atoms with E-state index in [1.807, 2.05) is 59.5 Å². The average molecular weight is 290 g/mol. The fraction of sp³-hybridized carbons (Fsp3) is 0.211. The highest BCUT2D eigenvalue weighted by atomic mass is 16.2. The molecular formula is C19H18N2O. The van der Waals surface area contributed by atoms with Crippen molar-refractivity contribution >= 4 is 11.7 Å². The van der Waals surface area contributed by atoms with Gasteiger partial charge in [0.15, 0.2) is 0 Å². The number of likely N-dealkylation sites (tertiary alicyclic amines) is 1. The second-order valence-corrected chi connectivity index (χ2v) is 5.32. The van der Waals surface area contributed by atoms with Crippen molar-refractivity contribution in [3.8, 4) is 11.8 Å². The Morgan fingerprint density at radius 1 is 0.864 bits per heavy atom. The fourth-order valence-electron chi connectivity index (χ4n) is 2.43. The van der Waals surface area contributed by atoms with Crippen LogP contribution in [0.1, 0.15) is 24.0 Å². The summed E-state index contributed by atoms with van der Waals surface area (Å²) in [5.74, 6) is 6.24. The highest BCUT2D eigenvalue weighted by Crippen LogP contribution is 2.13. The molecule has 2 aromatic carbocycles. The molecule has 0 aromatic heterocycles. The summed E-state index contributed by atoms with van der Waals surface area (Å²) in [7, 11) is 0. The SMILES string of the molecule is O=C(Nc1ccc(C#Cc2ccccc2)cc1)N1CCCC1. The molecule has 1 fully saturated rings. The second-order valence-electron chi connectivity index (χ2n) is 5.32. The van der Waals surface area contributed by atoms with Gasteiger partial charge in [0.2, 0.25) is 0 Å². The molecule has 3 nitrogen and oxygen atoms in total. The summed E-state index contributed by atoms with van der Waals surface area (Å²) in [6, 6.07) is 17.5. The van der Waals surface area contributed by atoms with Crippen LogP contribution < -0.4 is 5.32 Å². The van der Waals surface area contributed by atoms with Gasteiger partial charge in [-0.3, -0.25) is 0 Å². The maximum absolute atomic E-state index is 12.0. The molecule has 1 heterocycles. The molecule has 1 N–H and O–H groups in total. The van der Waals surface area contributed by atoms with Crippen LogP contribution in [-0.2, 0) is 0 Å². The van der Waals surface area contributed by atoms with Gasteiger partial charge in [-0.15, -0.1) is 0 Å². The van der Waals surface area contributed by atoms with Gasteiger partial charge in [0.25, 0.3) is 0 Å². The molecule has 0 atom stereocenters. The normalized spacial score (nSPS) is 13.4. The largest absolute Gasteiger partial charge is 0.325 e. The van der Waals surface area contributed by atoms with Crippen LogP contribution >= 0.6 is 0 Å². The molecule has 0 saturated carbocycles. The van der Waals surface area contributed by atoms with E-state index in [1.165, 1.54) is 0 Å². The topological polar surface area (TPSA) is 32.3 Å². The predicted octanol–water partition coefficient (Wildman–Crippen LogP) is 3.71. The molecule has 1 aliphatic rings. The molecule has 3 rings (SSSR count). The van der Waals surface area contributed by atoms with Gasteiger partial charge >= 0.3 is 6.03 Å². The molecular weight excluding hydrogens is 272 g/mol. The van der Waals surface area contributed by atoms with E-state index in [2.05, 4.69) is 17.2 Å². The Kier molecular flexibility index (Phi) is 4.41. The minimum atomic E-state index is -0.0133. The van der Waals surface area contributed by atoms with Crippen molar-refractivity contribution < 1.29 is 4.79 Å². The number of carbonyl (C=O) groups excluding carboxylic acids is 1. The smallest absolute Gasteiger partial charge is 0.321 e. The first kappa shape index (κ1) is 14.2. The fourth-order valence-corrected chi connectivity index (χ4v) is 2.43. The Morgan fingerprint density at radius 2 is 1.45 bits per heavy atom. The van der Waals surface area contributed by atoms with Gasteiger partial charge in [-0.25, -0.2) is 4.79 Å². The zero-order valence-electron chi connectivity index (χ0n) is 12.4. The van der Waals surface area contributed by atoms with E-state index in [4.69, 9.17) is 0 Å². The summed E-state index contributed by atoms with van der Waals surface area (Å²) in [6.07, 6.45) is 2.20. The minimum absolute atomic E-state index is 0.0133. The molecule has 3 heteroatoms. The maximum Gasteiger partial charge on any atom is 0.321 e. The van der Waals surface area contributed by atoms with Crippen molar-refractivity contribution in [3.05, 3.63) is 65.7 Å². The van der Waals surface area contributed by atoms with Crippen LogP contribution in [0.15, 0.2) is 54.6 Å². The third kappa shape index (κ3) is 3.67. The summed E-state index contributed by atoms with van der Waals surface area (Å²) in [5, 5.41) is 2.92. The first-order valence-corrected chi connectivity index (χ1v) is 7.54. The predicted molar refractivity (Wildman–Crippen MR) is 88.7 cm³/mol. The first-order chi connectivity index (χ1) is 10.8. The summed E-state index contributed by atoms with van der Waals surface area (Å²) in [5.41, 5.74) is 2.74. The number of carbonyl (C=O) groups is 1. The molecule has 0 aliphatic carbocycles.